The van der Waals surface area contributed by atoms with Crippen LogP contribution in [0.1, 0.15) is 15.9 Å². The maximum atomic E-state index is 12.3. The van der Waals surface area contributed by atoms with E-state index in [1.54, 1.807) is 18.2 Å². The molecule has 0 radical (unpaired) electrons. The van der Waals surface area contributed by atoms with Gasteiger partial charge in [-0.3, -0.25) is 9.59 Å². The van der Waals surface area contributed by atoms with Crippen molar-refractivity contribution in [3.05, 3.63) is 53.6 Å². The number of benzene rings is 2. The molecule has 0 saturated carbocycles. The first kappa shape index (κ1) is 18.1. The molecular weight excluding hydrogens is 358 g/mol. The Bertz CT molecular complexity index is 966. The number of fused-ring (bicyclic) bond motifs is 1. The maximum Gasteiger partial charge on any atom is 0.265 e. The zero-order chi connectivity index (χ0) is 18.9. The van der Waals surface area contributed by atoms with Gasteiger partial charge in [0.2, 0.25) is 0 Å². The average molecular weight is 375 g/mol. The zero-order valence-electron chi connectivity index (χ0n) is 14.0. The third kappa shape index (κ3) is 3.61. The Morgan fingerprint density at radius 3 is 2.50 bits per heavy atom. The van der Waals surface area contributed by atoms with Crippen molar-refractivity contribution in [2.75, 3.05) is 24.4 Å². The second kappa shape index (κ2) is 6.89. The van der Waals surface area contributed by atoms with Crippen LogP contribution in [0, 0.1) is 0 Å². The van der Waals surface area contributed by atoms with E-state index in [9.17, 15) is 18.0 Å². The Kier molecular flexibility index (Phi) is 4.80. The fraction of sp³-hybridized carbons (Fsp3) is 0.222. The molecule has 1 aliphatic heterocycles. The fourth-order valence-electron chi connectivity index (χ4n) is 2.66. The Morgan fingerprint density at radius 1 is 1.19 bits per heavy atom. The number of ketones is 1. The van der Waals surface area contributed by atoms with Crippen LogP contribution in [-0.2, 0) is 21.2 Å². The number of Topliss-reactive ketones (excluding diaryl/α,β-unsaturated/α-hetero) is 1. The number of ether oxygens (including phenoxy) is 1. The first-order chi connectivity index (χ1) is 12.3. The van der Waals surface area contributed by atoms with Gasteiger partial charge in [-0.2, -0.15) is 0 Å². The predicted molar refractivity (Wildman–Crippen MR) is 94.1 cm³/mol. The molecule has 0 saturated heterocycles. The van der Waals surface area contributed by atoms with E-state index in [1.807, 2.05) is 0 Å². The van der Waals surface area contributed by atoms with Gasteiger partial charge in [0.05, 0.1) is 17.1 Å². The van der Waals surface area contributed by atoms with Crippen LogP contribution in [0.2, 0.25) is 0 Å². The summed E-state index contributed by atoms with van der Waals surface area (Å²) >= 11 is 0. The Hall–Kier alpha value is -2.71. The van der Waals surface area contributed by atoms with Crippen molar-refractivity contribution in [3.8, 4) is 5.75 Å². The van der Waals surface area contributed by atoms with Gasteiger partial charge in [0.1, 0.15) is 12.4 Å². The smallest absolute Gasteiger partial charge is 0.265 e. The first-order valence-corrected chi connectivity index (χ1v) is 9.69. The van der Waals surface area contributed by atoms with Crippen LogP contribution in [-0.4, -0.2) is 44.7 Å². The van der Waals surface area contributed by atoms with E-state index in [0.717, 1.165) is 11.8 Å². The molecule has 1 N–H and O–H groups in total. The van der Waals surface area contributed by atoms with Gasteiger partial charge in [0.15, 0.2) is 22.2 Å². The van der Waals surface area contributed by atoms with Gasteiger partial charge in [-0.15, -0.1) is 0 Å². The topological polar surface area (TPSA) is 101 Å². The molecular formula is C18H17NO6S. The van der Waals surface area contributed by atoms with Gasteiger partial charge < -0.3 is 14.7 Å². The molecule has 3 rings (SSSR count). The second-order valence-corrected chi connectivity index (χ2v) is 7.96. The molecule has 0 unspecified atom stereocenters. The normalized spacial score (nSPS) is 13.9. The zero-order valence-corrected chi connectivity index (χ0v) is 14.8. The molecule has 26 heavy (non-hydrogen) atoms. The van der Waals surface area contributed by atoms with Crippen LogP contribution in [0.4, 0.5) is 5.69 Å². The number of carbonyl (C=O) groups is 2. The highest BCUT2D eigenvalue weighted by Gasteiger charge is 2.26. The largest absolute Gasteiger partial charge is 0.482 e. The third-order valence-electron chi connectivity index (χ3n) is 4.06. The molecule has 0 bridgehead atoms. The predicted octanol–water partition coefficient (Wildman–Crippen LogP) is 1.19. The molecule has 0 atom stereocenters. The monoisotopic (exact) mass is 375 g/mol. The average Bonchev–Trinajstić information content (AvgIpc) is 2.62. The first-order valence-electron chi connectivity index (χ1n) is 7.80. The number of anilines is 1. The van der Waals surface area contributed by atoms with Gasteiger partial charge in [-0.05, 0) is 35.9 Å². The molecule has 1 aliphatic rings. The number of aliphatic hydroxyl groups is 1. The molecule has 0 spiro atoms. The van der Waals surface area contributed by atoms with E-state index in [1.165, 1.54) is 29.2 Å². The molecule has 0 aromatic heterocycles. The van der Waals surface area contributed by atoms with Crippen molar-refractivity contribution in [1.29, 1.82) is 0 Å². The highest BCUT2D eigenvalue weighted by Crippen LogP contribution is 2.34. The third-order valence-corrected chi connectivity index (χ3v) is 5.19. The van der Waals surface area contributed by atoms with Crippen molar-refractivity contribution < 1.29 is 27.9 Å². The highest BCUT2D eigenvalue weighted by atomic mass is 32.2. The van der Waals surface area contributed by atoms with E-state index in [-0.39, 0.29) is 29.5 Å². The summed E-state index contributed by atoms with van der Waals surface area (Å²) in [4.78, 5) is 25.7. The summed E-state index contributed by atoms with van der Waals surface area (Å²) in [5.41, 5.74) is 1.45. The van der Waals surface area contributed by atoms with Crippen LogP contribution in [0.3, 0.4) is 0 Å². The molecule has 2 aromatic carbocycles. The molecule has 0 fully saturated rings. The van der Waals surface area contributed by atoms with Crippen molar-refractivity contribution >= 4 is 27.2 Å². The summed E-state index contributed by atoms with van der Waals surface area (Å²) in [6.45, 7) is -0.543. The highest BCUT2D eigenvalue weighted by molar-refractivity contribution is 7.90. The van der Waals surface area contributed by atoms with Gasteiger partial charge in [0, 0.05) is 11.8 Å². The Balaban J connectivity index is 1.93. The summed E-state index contributed by atoms with van der Waals surface area (Å²) in [6, 6.07) is 10.9. The van der Waals surface area contributed by atoms with Crippen molar-refractivity contribution in [3.63, 3.8) is 0 Å². The minimum atomic E-state index is -3.29. The Morgan fingerprint density at radius 2 is 1.88 bits per heavy atom. The number of carbonyl (C=O) groups excluding carboxylic acids is 2. The van der Waals surface area contributed by atoms with Gasteiger partial charge >= 0.3 is 0 Å². The number of aliphatic hydroxyl groups excluding tert-OH is 1. The Labute approximate surface area is 150 Å². The number of sulfone groups is 1. The van der Waals surface area contributed by atoms with E-state index in [0.29, 0.717) is 11.4 Å². The maximum absolute atomic E-state index is 12.3. The lowest BCUT2D eigenvalue weighted by Crippen LogP contribution is -2.38. The quantitative estimate of drug-likeness (QED) is 0.788. The standard InChI is InChI=1S/C18H17NO6S/c1-26(23,24)14-5-2-12(3-6-14)9-19-15-8-13(16(21)10-20)4-7-17(15)25-11-18(19)22/h2-8,20H,9-11H2,1H3. The fourth-order valence-corrected chi connectivity index (χ4v) is 3.30. The molecule has 136 valence electrons. The summed E-state index contributed by atoms with van der Waals surface area (Å²) in [5.74, 6) is -0.270. The van der Waals surface area contributed by atoms with Crippen LogP contribution < -0.4 is 9.64 Å². The lowest BCUT2D eigenvalue weighted by atomic mass is 10.1. The van der Waals surface area contributed by atoms with Crippen LogP contribution in [0.5, 0.6) is 5.75 Å². The number of rotatable bonds is 5. The lowest BCUT2D eigenvalue weighted by Gasteiger charge is -2.30. The summed E-state index contributed by atoms with van der Waals surface area (Å²) in [6.07, 6.45) is 1.13. The summed E-state index contributed by atoms with van der Waals surface area (Å²) < 4.78 is 28.5. The van der Waals surface area contributed by atoms with Gasteiger partial charge in [-0.25, -0.2) is 8.42 Å². The summed E-state index contributed by atoms with van der Waals surface area (Å²) in [5, 5.41) is 9.03. The van der Waals surface area contributed by atoms with Crippen LogP contribution in [0.25, 0.3) is 0 Å². The van der Waals surface area contributed by atoms with Crippen molar-refractivity contribution in [1.82, 2.24) is 0 Å². The van der Waals surface area contributed by atoms with Crippen LogP contribution in [0.15, 0.2) is 47.4 Å². The van der Waals surface area contributed by atoms with E-state index < -0.39 is 22.2 Å². The molecule has 2 aromatic rings. The summed E-state index contributed by atoms with van der Waals surface area (Å²) in [7, 11) is -3.29. The van der Waals surface area contributed by atoms with Gasteiger partial charge in [-0.1, -0.05) is 12.1 Å². The van der Waals surface area contributed by atoms with Gasteiger partial charge in [0.25, 0.3) is 5.91 Å². The molecule has 1 heterocycles. The number of hydrogen-bond donors (Lipinski definition) is 1. The minimum absolute atomic E-state index is 0.123. The van der Waals surface area contributed by atoms with Crippen LogP contribution >= 0.6 is 0 Å². The number of amides is 1. The van der Waals surface area contributed by atoms with Crippen molar-refractivity contribution in [2.24, 2.45) is 0 Å². The molecule has 1 amide bonds. The number of nitrogens with zero attached hydrogens (tertiary/aromatic N) is 1. The lowest BCUT2D eigenvalue weighted by molar-refractivity contribution is -0.121. The molecule has 8 heteroatoms. The second-order valence-electron chi connectivity index (χ2n) is 5.95. The van der Waals surface area contributed by atoms with E-state index in [2.05, 4.69) is 0 Å². The van der Waals surface area contributed by atoms with E-state index >= 15 is 0 Å². The minimum Gasteiger partial charge on any atom is -0.482 e. The van der Waals surface area contributed by atoms with E-state index in [4.69, 9.17) is 9.84 Å². The molecule has 0 aliphatic carbocycles. The van der Waals surface area contributed by atoms with Crippen molar-refractivity contribution in [2.45, 2.75) is 11.4 Å². The molecule has 7 nitrogen and oxygen atoms in total. The SMILES string of the molecule is CS(=O)(=O)c1ccc(CN2C(=O)COc3ccc(C(=O)CO)cc32)cc1. The number of hydrogen-bond acceptors (Lipinski definition) is 6.